The molecular formula is C26H29N7O3. The number of imidazole rings is 1. The van der Waals surface area contributed by atoms with Gasteiger partial charge in [-0.3, -0.25) is 14.1 Å². The average Bonchev–Trinajstić information content (AvgIpc) is 3.14. The molecule has 0 amide bonds. The molecule has 186 valence electrons. The number of benzene rings is 1. The second-order valence-corrected chi connectivity index (χ2v) is 8.07. The Morgan fingerprint density at radius 1 is 1.28 bits per heavy atom. The Bertz CT molecular complexity index is 1560. The molecule has 0 fully saturated rings. The molecule has 3 aromatic heterocycles. The van der Waals surface area contributed by atoms with Gasteiger partial charge >= 0.3 is 5.69 Å². The van der Waals surface area contributed by atoms with E-state index in [1.54, 1.807) is 48.8 Å². The maximum atomic E-state index is 13.4. The Labute approximate surface area is 208 Å². The first-order valence-electron chi connectivity index (χ1n) is 11.3. The largest absolute Gasteiger partial charge is 0.475 e. The molecule has 10 heteroatoms. The lowest BCUT2D eigenvalue weighted by Crippen LogP contribution is -2.21. The lowest BCUT2D eigenvalue weighted by Gasteiger charge is -2.11. The van der Waals surface area contributed by atoms with Gasteiger partial charge in [0.1, 0.15) is 12.4 Å². The summed E-state index contributed by atoms with van der Waals surface area (Å²) in [5.41, 5.74) is 10.7. The summed E-state index contributed by atoms with van der Waals surface area (Å²) in [4.78, 5) is 26.8. The molecule has 0 radical (unpaired) electrons. The van der Waals surface area contributed by atoms with Gasteiger partial charge in [0.2, 0.25) is 5.88 Å². The van der Waals surface area contributed by atoms with Crippen LogP contribution in [0.3, 0.4) is 0 Å². The Kier molecular flexibility index (Phi) is 7.16. The van der Waals surface area contributed by atoms with Crippen LogP contribution in [0, 0.1) is 6.92 Å². The summed E-state index contributed by atoms with van der Waals surface area (Å²) in [6.07, 6.45) is 4.83. The van der Waals surface area contributed by atoms with E-state index in [4.69, 9.17) is 15.2 Å². The minimum absolute atomic E-state index is 0.205. The number of methoxy groups -OCH3 is 1. The molecule has 0 saturated carbocycles. The molecule has 0 saturated heterocycles. The molecule has 0 aliphatic heterocycles. The van der Waals surface area contributed by atoms with Crippen molar-refractivity contribution >= 4 is 33.7 Å². The van der Waals surface area contributed by atoms with E-state index < -0.39 is 0 Å². The zero-order chi connectivity index (χ0) is 25.8. The topological polar surface area (TPSA) is 122 Å². The number of rotatable bonds is 9. The van der Waals surface area contributed by atoms with E-state index in [1.807, 2.05) is 31.2 Å². The minimum atomic E-state index is -0.205. The van der Waals surface area contributed by atoms with Crippen LogP contribution in [0.1, 0.15) is 11.3 Å². The second-order valence-electron chi connectivity index (χ2n) is 8.07. The standard InChI is InChI=1S/C26H29N7O3/c1-16-22(8-9-24(31-16)36-11-10-35-5)33-25-20-12-18(19(13-27)14-29-17(2)28-3)6-7-21(20)30-15-23(25)32(4)26(33)34/h6-9,12-15,28H,2,10-11,27H2,1,3-5H3/b19-13+,29-14-. The number of allylic oxidation sites excluding steroid dienone is 1. The van der Waals surface area contributed by atoms with Crippen LogP contribution >= 0.6 is 0 Å². The third-order valence-corrected chi connectivity index (χ3v) is 5.86. The van der Waals surface area contributed by atoms with Crippen LogP contribution in [0.2, 0.25) is 0 Å². The Balaban J connectivity index is 1.91. The second kappa shape index (κ2) is 10.4. The van der Waals surface area contributed by atoms with E-state index in [-0.39, 0.29) is 5.69 Å². The van der Waals surface area contributed by atoms with Gasteiger partial charge in [-0.05, 0) is 30.7 Å². The summed E-state index contributed by atoms with van der Waals surface area (Å²) in [7, 11) is 5.08. The van der Waals surface area contributed by atoms with Crippen molar-refractivity contribution in [1.82, 2.24) is 24.4 Å². The van der Waals surface area contributed by atoms with Crippen molar-refractivity contribution < 1.29 is 9.47 Å². The van der Waals surface area contributed by atoms with E-state index in [9.17, 15) is 4.79 Å². The highest BCUT2D eigenvalue weighted by Gasteiger charge is 2.19. The quantitative estimate of drug-likeness (QED) is 0.275. The first-order chi connectivity index (χ1) is 17.4. The number of nitrogens with zero attached hydrogens (tertiary/aromatic N) is 5. The maximum absolute atomic E-state index is 13.4. The third kappa shape index (κ3) is 4.58. The molecule has 0 aliphatic carbocycles. The summed E-state index contributed by atoms with van der Waals surface area (Å²) in [5.74, 6) is 0.976. The van der Waals surface area contributed by atoms with E-state index in [2.05, 4.69) is 26.9 Å². The first-order valence-corrected chi connectivity index (χ1v) is 11.3. The van der Waals surface area contributed by atoms with Crippen LogP contribution in [0.25, 0.3) is 33.2 Å². The van der Waals surface area contributed by atoms with Crippen molar-refractivity contribution in [2.24, 2.45) is 17.8 Å². The van der Waals surface area contributed by atoms with Crippen LogP contribution in [-0.2, 0) is 11.8 Å². The van der Waals surface area contributed by atoms with Crippen LogP contribution in [0.5, 0.6) is 5.88 Å². The van der Waals surface area contributed by atoms with Gasteiger partial charge in [0.15, 0.2) is 0 Å². The molecule has 10 nitrogen and oxygen atoms in total. The van der Waals surface area contributed by atoms with E-state index >= 15 is 0 Å². The monoisotopic (exact) mass is 487 g/mol. The summed E-state index contributed by atoms with van der Waals surface area (Å²) in [6.45, 7) is 6.50. The van der Waals surface area contributed by atoms with Gasteiger partial charge in [0.25, 0.3) is 0 Å². The molecular weight excluding hydrogens is 458 g/mol. The minimum Gasteiger partial charge on any atom is -0.475 e. The number of aryl methyl sites for hydroxylation is 2. The number of fused-ring (bicyclic) bond motifs is 3. The number of nitrogens with one attached hydrogen (secondary N) is 1. The Morgan fingerprint density at radius 2 is 2.08 bits per heavy atom. The van der Waals surface area contributed by atoms with Gasteiger partial charge in [0, 0.05) is 50.6 Å². The van der Waals surface area contributed by atoms with E-state index in [0.717, 1.165) is 22.0 Å². The molecule has 3 N–H and O–H groups in total. The number of aromatic nitrogens is 4. The van der Waals surface area contributed by atoms with Crippen LogP contribution in [0.15, 0.2) is 64.9 Å². The number of pyridine rings is 2. The highest BCUT2D eigenvalue weighted by atomic mass is 16.5. The summed E-state index contributed by atoms with van der Waals surface area (Å²) in [6, 6.07) is 9.35. The van der Waals surface area contributed by atoms with Gasteiger partial charge in [-0.1, -0.05) is 12.6 Å². The van der Waals surface area contributed by atoms with Gasteiger partial charge in [-0.15, -0.1) is 0 Å². The molecule has 1 aromatic carbocycles. The van der Waals surface area contributed by atoms with E-state index in [1.165, 1.54) is 6.20 Å². The number of nitrogens with two attached hydrogens (primary N) is 1. The van der Waals surface area contributed by atoms with Gasteiger partial charge in [-0.25, -0.2) is 14.8 Å². The SMILES string of the molecule is C=C(/N=C\C(=C/N)c1ccc2ncc3c(c2c1)n(-c1ccc(OCCOC)nc1C)c(=O)n3C)NC. The normalized spacial score (nSPS) is 12.1. The fourth-order valence-corrected chi connectivity index (χ4v) is 3.90. The summed E-state index contributed by atoms with van der Waals surface area (Å²) < 4.78 is 13.9. The lowest BCUT2D eigenvalue weighted by molar-refractivity contribution is 0.143. The molecule has 36 heavy (non-hydrogen) atoms. The molecule has 0 unspecified atom stereocenters. The smallest absolute Gasteiger partial charge is 0.333 e. The predicted octanol–water partition coefficient (Wildman–Crippen LogP) is 2.67. The van der Waals surface area contributed by atoms with Crippen LogP contribution in [-0.4, -0.2) is 52.7 Å². The Hall–Kier alpha value is -4.44. The molecule has 0 atom stereocenters. The highest BCUT2D eigenvalue weighted by Crippen LogP contribution is 2.29. The molecule has 0 bridgehead atoms. The molecule has 4 rings (SSSR count). The number of aliphatic imine (C=N–C) groups is 1. The van der Waals surface area contributed by atoms with E-state index in [0.29, 0.717) is 47.4 Å². The summed E-state index contributed by atoms with van der Waals surface area (Å²) >= 11 is 0. The summed E-state index contributed by atoms with van der Waals surface area (Å²) in [5, 5.41) is 3.67. The van der Waals surface area contributed by atoms with Crippen molar-refractivity contribution in [3.05, 3.63) is 76.9 Å². The Morgan fingerprint density at radius 3 is 2.78 bits per heavy atom. The third-order valence-electron chi connectivity index (χ3n) is 5.86. The highest BCUT2D eigenvalue weighted by molar-refractivity contribution is 6.12. The van der Waals surface area contributed by atoms with Crippen LogP contribution < -0.4 is 21.5 Å². The zero-order valence-corrected chi connectivity index (χ0v) is 20.8. The first kappa shape index (κ1) is 24.7. The van der Waals surface area contributed by atoms with Crippen molar-refractivity contribution in [3.8, 4) is 11.6 Å². The van der Waals surface area contributed by atoms with Gasteiger partial charge in [0.05, 0.1) is 40.7 Å². The lowest BCUT2D eigenvalue weighted by atomic mass is 10.0. The van der Waals surface area contributed by atoms with Crippen molar-refractivity contribution in [3.63, 3.8) is 0 Å². The number of hydrogen-bond donors (Lipinski definition) is 2. The van der Waals surface area contributed by atoms with Gasteiger partial charge < -0.3 is 20.5 Å². The molecule has 4 aromatic rings. The molecule has 0 spiro atoms. The predicted molar refractivity (Wildman–Crippen MR) is 143 cm³/mol. The molecule has 3 heterocycles. The van der Waals surface area contributed by atoms with Crippen molar-refractivity contribution in [2.75, 3.05) is 27.4 Å². The van der Waals surface area contributed by atoms with Crippen molar-refractivity contribution in [2.45, 2.75) is 6.92 Å². The average molecular weight is 488 g/mol. The fourth-order valence-electron chi connectivity index (χ4n) is 3.90. The fraction of sp³-hybridized carbons (Fsp3) is 0.231. The maximum Gasteiger partial charge on any atom is 0.333 e. The zero-order valence-electron chi connectivity index (χ0n) is 20.8. The molecule has 0 aliphatic rings. The van der Waals surface area contributed by atoms with Crippen molar-refractivity contribution in [1.29, 1.82) is 0 Å². The van der Waals surface area contributed by atoms with Crippen LogP contribution in [0.4, 0.5) is 0 Å². The number of ether oxygens (including phenoxy) is 2. The number of hydrogen-bond acceptors (Lipinski definition) is 8. The van der Waals surface area contributed by atoms with Gasteiger partial charge in [-0.2, -0.15) is 0 Å².